The number of rotatable bonds is 22. The van der Waals surface area contributed by atoms with Gasteiger partial charge in [-0.3, -0.25) is 24.0 Å². The molecule has 2 aromatic rings. The maximum absolute atomic E-state index is 14.3. The number of nitrogens with one attached hydrogen (secondary N) is 1. The van der Waals surface area contributed by atoms with Crippen molar-refractivity contribution in [1.82, 2.24) is 10.2 Å². The van der Waals surface area contributed by atoms with Crippen LogP contribution in [0.5, 0.6) is 11.5 Å². The molecule has 0 fully saturated rings. The van der Waals surface area contributed by atoms with Crippen molar-refractivity contribution < 1.29 is 42.6 Å². The molecule has 0 saturated carbocycles. The molecule has 1 aliphatic rings. The highest BCUT2D eigenvalue weighted by Gasteiger charge is 2.36. The van der Waals surface area contributed by atoms with Gasteiger partial charge in [0.25, 0.3) is 0 Å². The SMILES string of the molecule is CCCCCCCCCCCCCS(=O)(=O)C[C@@H](CCN)C(=O)N(C)[C@@H]1C(=O)C[C@@H](C)C(=O)N[C@H](C(=O)C[C@@H](C)C(C)=O)Cc2ccc(O)c(c2)-c2cc1ccc2O. The van der Waals surface area contributed by atoms with Crippen LogP contribution in [0.15, 0.2) is 36.4 Å². The third kappa shape index (κ3) is 14.6. The number of carbonyl (C=O) groups excluding carboxylic acids is 5. The Hall–Kier alpha value is -4.10. The summed E-state index contributed by atoms with van der Waals surface area (Å²) in [6.07, 6.45) is 11.5. The summed E-state index contributed by atoms with van der Waals surface area (Å²) in [5.74, 6) is -5.73. The topological polar surface area (TPSA) is 201 Å². The van der Waals surface area contributed by atoms with Gasteiger partial charge in [-0.1, -0.05) is 97.1 Å². The zero-order valence-electron chi connectivity index (χ0n) is 35.3. The minimum absolute atomic E-state index is 0.0220. The van der Waals surface area contributed by atoms with Crippen LogP contribution in [0.3, 0.4) is 0 Å². The number of Topliss-reactive ketones (excluding diaryl/α,β-unsaturated/α-hetero) is 3. The van der Waals surface area contributed by atoms with Gasteiger partial charge < -0.3 is 26.2 Å². The molecule has 2 aromatic carbocycles. The minimum Gasteiger partial charge on any atom is -0.507 e. The molecule has 0 spiro atoms. The number of ketones is 3. The maximum Gasteiger partial charge on any atom is 0.227 e. The van der Waals surface area contributed by atoms with E-state index in [0.717, 1.165) is 25.7 Å². The molecule has 5 N–H and O–H groups in total. The van der Waals surface area contributed by atoms with E-state index in [1.165, 1.54) is 88.6 Å². The molecule has 0 saturated heterocycles. The monoisotopic (exact) mass is 825 g/mol. The van der Waals surface area contributed by atoms with Gasteiger partial charge in [0.05, 0.1) is 23.5 Å². The van der Waals surface area contributed by atoms with Crippen molar-refractivity contribution in [3.8, 4) is 22.6 Å². The van der Waals surface area contributed by atoms with Crippen LogP contribution in [0.4, 0.5) is 0 Å². The van der Waals surface area contributed by atoms with Gasteiger partial charge in [-0.25, -0.2) is 8.42 Å². The minimum atomic E-state index is -3.66. The van der Waals surface area contributed by atoms with Crippen LogP contribution in [0, 0.1) is 17.8 Å². The predicted molar refractivity (Wildman–Crippen MR) is 227 cm³/mol. The van der Waals surface area contributed by atoms with Crippen molar-refractivity contribution >= 4 is 39.0 Å². The highest BCUT2D eigenvalue weighted by molar-refractivity contribution is 7.91. The first-order valence-electron chi connectivity index (χ1n) is 21.2. The number of hydrogen-bond donors (Lipinski definition) is 4. The number of aromatic hydroxyl groups is 2. The number of fused-ring (bicyclic) bond motifs is 5. The van der Waals surface area contributed by atoms with E-state index in [2.05, 4.69) is 12.2 Å². The Kier molecular flexibility index (Phi) is 19.5. The quantitative estimate of drug-likeness (QED) is 0.0918. The number of unbranched alkanes of at least 4 members (excludes halogenated alkanes) is 10. The van der Waals surface area contributed by atoms with E-state index in [0.29, 0.717) is 12.0 Å². The molecule has 13 heteroatoms. The molecule has 58 heavy (non-hydrogen) atoms. The molecule has 5 atom stereocenters. The molecule has 2 amide bonds. The smallest absolute Gasteiger partial charge is 0.227 e. The fraction of sp³-hybridized carbons (Fsp3) is 0.622. The summed E-state index contributed by atoms with van der Waals surface area (Å²) in [5, 5.41) is 24.8. The van der Waals surface area contributed by atoms with Crippen molar-refractivity contribution in [3.63, 3.8) is 0 Å². The molecule has 0 unspecified atom stereocenters. The van der Waals surface area contributed by atoms with Crippen LogP contribution in [-0.4, -0.2) is 83.8 Å². The average molecular weight is 826 g/mol. The van der Waals surface area contributed by atoms with Crippen LogP contribution in [-0.2, 0) is 40.2 Å². The van der Waals surface area contributed by atoms with Crippen molar-refractivity contribution in [1.29, 1.82) is 0 Å². The lowest BCUT2D eigenvalue weighted by atomic mass is 9.88. The summed E-state index contributed by atoms with van der Waals surface area (Å²) in [7, 11) is -2.25. The summed E-state index contributed by atoms with van der Waals surface area (Å²) < 4.78 is 26.8. The number of phenols is 2. The van der Waals surface area contributed by atoms with Gasteiger partial charge in [-0.15, -0.1) is 0 Å². The van der Waals surface area contributed by atoms with Crippen LogP contribution in [0.1, 0.15) is 135 Å². The number of amides is 2. The number of carbonyl (C=O) groups is 5. The number of phenolic OH excluding ortho intramolecular Hbond substituents is 2. The molecule has 12 nitrogen and oxygen atoms in total. The standard InChI is InChI=1S/C45H67N3O9S/c1-6-7-8-9-10-11-12-13-14-15-16-23-58(56,57)29-35(21-22-46)45(55)48(5)43-34-18-20-40(51)37(28-34)36-26-33(17-19-39(36)50)27-38(41(52)24-30(2)32(4)49)47-44(54)31(3)25-42(43)53/h17-20,26,28,30-31,35,38,43,50-51H,6-16,21-25,27,29,46H2,1-5H3,(H,47,54)/t30-,31-,35-,38+,43+/m1/s1. The maximum atomic E-state index is 14.3. The van der Waals surface area contributed by atoms with Crippen molar-refractivity contribution in [2.75, 3.05) is 25.1 Å². The second-order valence-corrected chi connectivity index (χ2v) is 18.7. The number of nitrogens with two attached hydrogens (primary N) is 1. The summed E-state index contributed by atoms with van der Waals surface area (Å²) in [6, 6.07) is 6.53. The second-order valence-electron chi connectivity index (χ2n) is 16.4. The van der Waals surface area contributed by atoms with Crippen molar-refractivity contribution in [3.05, 3.63) is 47.5 Å². The number of nitrogens with zero attached hydrogens (tertiary/aromatic N) is 1. The van der Waals surface area contributed by atoms with E-state index >= 15 is 0 Å². The zero-order valence-corrected chi connectivity index (χ0v) is 36.1. The first kappa shape index (κ1) is 48.3. The molecule has 1 aliphatic heterocycles. The van der Waals surface area contributed by atoms with Crippen LogP contribution >= 0.6 is 0 Å². The van der Waals surface area contributed by atoms with Gasteiger partial charge in [-0.2, -0.15) is 0 Å². The fourth-order valence-corrected chi connectivity index (χ4v) is 9.38. The Morgan fingerprint density at radius 3 is 2.03 bits per heavy atom. The van der Waals surface area contributed by atoms with E-state index in [1.807, 2.05) is 0 Å². The highest BCUT2D eigenvalue weighted by atomic mass is 32.2. The third-order valence-corrected chi connectivity index (χ3v) is 13.2. The van der Waals surface area contributed by atoms with E-state index in [4.69, 9.17) is 5.73 Å². The Morgan fingerprint density at radius 2 is 1.45 bits per heavy atom. The molecule has 3 rings (SSSR count). The molecule has 1 heterocycles. The van der Waals surface area contributed by atoms with Crippen LogP contribution < -0.4 is 11.1 Å². The average Bonchev–Trinajstić information content (AvgIpc) is 3.17. The van der Waals surface area contributed by atoms with Crippen LogP contribution in [0.2, 0.25) is 0 Å². The molecule has 0 aliphatic carbocycles. The number of benzene rings is 2. The first-order valence-corrected chi connectivity index (χ1v) is 23.0. The van der Waals surface area contributed by atoms with E-state index in [1.54, 1.807) is 19.1 Å². The predicted octanol–water partition coefficient (Wildman–Crippen LogP) is 6.78. The summed E-state index contributed by atoms with van der Waals surface area (Å²) in [6.45, 7) is 6.80. The van der Waals surface area contributed by atoms with Crippen molar-refractivity contribution in [2.45, 2.75) is 136 Å². The highest BCUT2D eigenvalue weighted by Crippen LogP contribution is 2.39. The number of hydrogen-bond acceptors (Lipinski definition) is 10. The zero-order chi connectivity index (χ0) is 43.0. The van der Waals surface area contributed by atoms with Gasteiger partial charge in [0, 0.05) is 42.9 Å². The van der Waals surface area contributed by atoms with Gasteiger partial charge >= 0.3 is 0 Å². The van der Waals surface area contributed by atoms with Crippen LogP contribution in [0.25, 0.3) is 11.1 Å². The lowest BCUT2D eigenvalue weighted by Gasteiger charge is -2.32. The van der Waals surface area contributed by atoms with Gasteiger partial charge in [0.15, 0.2) is 21.4 Å². The van der Waals surface area contributed by atoms with Crippen molar-refractivity contribution in [2.24, 2.45) is 23.5 Å². The molecule has 322 valence electrons. The summed E-state index contributed by atoms with van der Waals surface area (Å²) >= 11 is 0. The second kappa shape index (κ2) is 23.5. The molecular formula is C45H67N3O9S. The Balaban J connectivity index is 1.88. The normalized spacial score (nSPS) is 18.5. The molecule has 0 radical (unpaired) electrons. The van der Waals surface area contributed by atoms with E-state index in [-0.39, 0.29) is 77.7 Å². The molecule has 4 bridgehead atoms. The Labute approximate surface area is 345 Å². The molecular weight excluding hydrogens is 759 g/mol. The Bertz CT molecular complexity index is 1830. The van der Waals surface area contributed by atoms with Gasteiger partial charge in [0.1, 0.15) is 23.3 Å². The third-order valence-electron chi connectivity index (χ3n) is 11.4. The lowest BCUT2D eigenvalue weighted by Crippen LogP contribution is -2.46. The lowest BCUT2D eigenvalue weighted by molar-refractivity contribution is -0.142. The largest absolute Gasteiger partial charge is 0.507 e. The first-order chi connectivity index (χ1) is 27.5. The summed E-state index contributed by atoms with van der Waals surface area (Å²) in [4.78, 5) is 68.9. The summed E-state index contributed by atoms with van der Waals surface area (Å²) in [5.41, 5.74) is 7.08. The van der Waals surface area contributed by atoms with Gasteiger partial charge in [0.2, 0.25) is 11.8 Å². The number of likely N-dealkylation sites (N-methyl/N-ethyl adjacent to an activating group) is 1. The fourth-order valence-electron chi connectivity index (χ4n) is 7.65. The Morgan fingerprint density at radius 1 is 0.879 bits per heavy atom. The van der Waals surface area contributed by atoms with E-state index < -0.39 is 63.0 Å². The van der Waals surface area contributed by atoms with Gasteiger partial charge in [-0.05, 0) is 68.1 Å². The van der Waals surface area contributed by atoms with E-state index in [9.17, 15) is 42.6 Å². The number of sulfone groups is 1. The molecule has 0 aromatic heterocycles.